The SMILES string of the molecule is Cc1cc(N)cnc1N1C=CNN1. The summed E-state index contributed by atoms with van der Waals surface area (Å²) in [5.74, 6) is 0.843. The highest BCUT2D eigenvalue weighted by Gasteiger charge is 2.09. The van der Waals surface area contributed by atoms with Crippen molar-refractivity contribution in [3.63, 3.8) is 0 Å². The average Bonchev–Trinajstić information content (AvgIpc) is 2.56. The van der Waals surface area contributed by atoms with Gasteiger partial charge in [0.05, 0.1) is 11.9 Å². The van der Waals surface area contributed by atoms with E-state index in [0.29, 0.717) is 5.69 Å². The summed E-state index contributed by atoms with van der Waals surface area (Å²) >= 11 is 0. The Hall–Kier alpha value is -1.75. The van der Waals surface area contributed by atoms with Gasteiger partial charge in [0, 0.05) is 12.4 Å². The van der Waals surface area contributed by atoms with Gasteiger partial charge < -0.3 is 11.2 Å². The van der Waals surface area contributed by atoms with Gasteiger partial charge in [-0.15, -0.1) is 5.53 Å². The van der Waals surface area contributed by atoms with E-state index in [1.807, 2.05) is 19.2 Å². The third-order valence-electron chi connectivity index (χ3n) is 1.79. The molecule has 0 fully saturated rings. The Morgan fingerprint density at radius 2 is 2.38 bits per heavy atom. The van der Waals surface area contributed by atoms with Crippen LogP contribution >= 0.6 is 0 Å². The van der Waals surface area contributed by atoms with Gasteiger partial charge in [-0.05, 0) is 18.6 Å². The maximum atomic E-state index is 5.59. The molecule has 0 aliphatic carbocycles. The Morgan fingerprint density at radius 1 is 1.54 bits per heavy atom. The third-order valence-corrected chi connectivity index (χ3v) is 1.79. The number of aryl methyl sites for hydroxylation is 1. The lowest BCUT2D eigenvalue weighted by molar-refractivity contribution is 0.672. The van der Waals surface area contributed by atoms with Crippen LogP contribution in [-0.4, -0.2) is 4.98 Å². The number of aromatic nitrogens is 1. The zero-order chi connectivity index (χ0) is 9.26. The lowest BCUT2D eigenvalue weighted by Gasteiger charge is -2.16. The number of hydrogen-bond donors (Lipinski definition) is 3. The zero-order valence-corrected chi connectivity index (χ0v) is 7.28. The highest BCUT2D eigenvalue weighted by Crippen LogP contribution is 2.18. The van der Waals surface area contributed by atoms with Crippen LogP contribution in [0.4, 0.5) is 11.5 Å². The molecule has 1 aromatic heterocycles. The second-order valence-electron chi connectivity index (χ2n) is 2.85. The largest absolute Gasteiger partial charge is 0.397 e. The number of nitrogens with one attached hydrogen (secondary N) is 2. The Morgan fingerprint density at radius 3 is 3.00 bits per heavy atom. The summed E-state index contributed by atoms with van der Waals surface area (Å²) < 4.78 is 0. The van der Waals surface area contributed by atoms with Crippen LogP contribution in [0, 0.1) is 6.92 Å². The molecule has 4 N–H and O–H groups in total. The predicted molar refractivity (Wildman–Crippen MR) is 51.3 cm³/mol. The summed E-state index contributed by atoms with van der Waals surface area (Å²) in [6.07, 6.45) is 5.28. The summed E-state index contributed by atoms with van der Waals surface area (Å²) in [4.78, 5) is 4.21. The van der Waals surface area contributed by atoms with E-state index in [1.165, 1.54) is 0 Å². The van der Waals surface area contributed by atoms with Gasteiger partial charge in [-0.25, -0.2) is 9.99 Å². The standard InChI is InChI=1S/C8H11N5/c1-6-4-7(9)5-10-8(6)13-3-2-11-12-13/h2-5,11-12H,9H2,1H3. The van der Waals surface area contributed by atoms with E-state index in [-0.39, 0.29) is 0 Å². The predicted octanol–water partition coefficient (Wildman–Crippen LogP) is 0.273. The number of hydrazine groups is 2. The lowest BCUT2D eigenvalue weighted by atomic mass is 10.2. The monoisotopic (exact) mass is 177 g/mol. The fraction of sp³-hybridized carbons (Fsp3) is 0.125. The van der Waals surface area contributed by atoms with Crippen molar-refractivity contribution >= 4 is 11.5 Å². The lowest BCUT2D eigenvalue weighted by Crippen LogP contribution is -2.36. The normalized spacial score (nSPS) is 14.7. The summed E-state index contributed by atoms with van der Waals surface area (Å²) in [6.45, 7) is 1.96. The van der Waals surface area contributed by atoms with E-state index in [0.717, 1.165) is 11.4 Å². The maximum Gasteiger partial charge on any atom is 0.151 e. The first-order valence-corrected chi connectivity index (χ1v) is 3.96. The van der Waals surface area contributed by atoms with Gasteiger partial charge >= 0.3 is 0 Å². The van der Waals surface area contributed by atoms with E-state index in [9.17, 15) is 0 Å². The number of rotatable bonds is 1. The summed E-state index contributed by atoms with van der Waals surface area (Å²) in [5, 5.41) is 1.79. The fourth-order valence-electron chi connectivity index (χ4n) is 1.22. The van der Waals surface area contributed by atoms with E-state index in [4.69, 9.17) is 5.73 Å². The van der Waals surface area contributed by atoms with Gasteiger partial charge in [0.25, 0.3) is 0 Å². The molecule has 0 saturated carbocycles. The first-order chi connectivity index (χ1) is 6.27. The summed E-state index contributed by atoms with van der Waals surface area (Å²) in [5.41, 5.74) is 13.0. The van der Waals surface area contributed by atoms with Crippen LogP contribution in [0.25, 0.3) is 0 Å². The summed E-state index contributed by atoms with van der Waals surface area (Å²) in [7, 11) is 0. The van der Waals surface area contributed by atoms with E-state index in [1.54, 1.807) is 17.4 Å². The van der Waals surface area contributed by atoms with Crippen molar-refractivity contribution in [3.8, 4) is 0 Å². The van der Waals surface area contributed by atoms with Crippen LogP contribution < -0.4 is 21.7 Å². The topological polar surface area (TPSA) is 66.2 Å². The molecule has 0 unspecified atom stereocenters. The van der Waals surface area contributed by atoms with Gasteiger partial charge in [-0.1, -0.05) is 0 Å². The first-order valence-electron chi connectivity index (χ1n) is 3.96. The number of anilines is 2. The van der Waals surface area contributed by atoms with Crippen molar-refractivity contribution in [2.45, 2.75) is 6.92 Å². The molecular formula is C8H11N5. The van der Waals surface area contributed by atoms with E-state index >= 15 is 0 Å². The van der Waals surface area contributed by atoms with Crippen molar-refractivity contribution in [3.05, 3.63) is 30.2 Å². The van der Waals surface area contributed by atoms with Crippen LogP contribution in [0.5, 0.6) is 0 Å². The smallest absolute Gasteiger partial charge is 0.151 e. The minimum Gasteiger partial charge on any atom is -0.397 e. The molecule has 1 aromatic rings. The molecule has 0 bridgehead atoms. The molecule has 5 heteroatoms. The molecule has 0 radical (unpaired) electrons. The average molecular weight is 177 g/mol. The van der Waals surface area contributed by atoms with Crippen molar-refractivity contribution in [1.82, 2.24) is 15.9 Å². The minimum atomic E-state index is 0.678. The molecule has 13 heavy (non-hydrogen) atoms. The second kappa shape index (κ2) is 2.95. The van der Waals surface area contributed by atoms with Crippen LogP contribution in [0.15, 0.2) is 24.7 Å². The van der Waals surface area contributed by atoms with E-state index in [2.05, 4.69) is 15.9 Å². The number of nitrogens with two attached hydrogens (primary N) is 1. The second-order valence-corrected chi connectivity index (χ2v) is 2.85. The number of nitrogens with zero attached hydrogens (tertiary/aromatic N) is 2. The molecule has 2 rings (SSSR count). The molecule has 0 saturated heterocycles. The maximum absolute atomic E-state index is 5.59. The summed E-state index contributed by atoms with van der Waals surface area (Å²) in [6, 6.07) is 1.89. The van der Waals surface area contributed by atoms with Crippen molar-refractivity contribution < 1.29 is 0 Å². The highest BCUT2D eigenvalue weighted by atomic mass is 15.7. The fourth-order valence-corrected chi connectivity index (χ4v) is 1.22. The Balaban J connectivity index is 2.34. The number of hydrogen-bond acceptors (Lipinski definition) is 5. The van der Waals surface area contributed by atoms with Crippen LogP contribution in [0.2, 0.25) is 0 Å². The quantitative estimate of drug-likeness (QED) is 0.574. The molecule has 0 atom stereocenters. The molecular weight excluding hydrogens is 166 g/mol. The van der Waals surface area contributed by atoms with Crippen molar-refractivity contribution in [2.24, 2.45) is 0 Å². The molecule has 0 spiro atoms. The van der Waals surface area contributed by atoms with Crippen LogP contribution in [-0.2, 0) is 0 Å². The Kier molecular flexibility index (Phi) is 1.79. The van der Waals surface area contributed by atoms with Crippen molar-refractivity contribution in [1.29, 1.82) is 0 Å². The van der Waals surface area contributed by atoms with Gasteiger partial charge in [-0.2, -0.15) is 0 Å². The first kappa shape index (κ1) is 7.88. The molecule has 5 nitrogen and oxygen atoms in total. The Labute approximate surface area is 76.2 Å². The molecule has 0 aromatic carbocycles. The minimum absolute atomic E-state index is 0.678. The van der Waals surface area contributed by atoms with E-state index < -0.39 is 0 Å². The zero-order valence-electron chi connectivity index (χ0n) is 7.28. The Bertz CT molecular complexity index is 346. The van der Waals surface area contributed by atoms with Gasteiger partial charge in [-0.3, -0.25) is 0 Å². The van der Waals surface area contributed by atoms with Crippen LogP contribution in [0.3, 0.4) is 0 Å². The third kappa shape index (κ3) is 1.41. The number of pyridine rings is 1. The molecule has 1 aliphatic rings. The molecule has 2 heterocycles. The highest BCUT2D eigenvalue weighted by molar-refractivity contribution is 5.53. The molecule has 0 amide bonds. The van der Waals surface area contributed by atoms with Gasteiger partial charge in [0.1, 0.15) is 0 Å². The van der Waals surface area contributed by atoms with Gasteiger partial charge in [0.15, 0.2) is 5.82 Å². The molecule has 1 aliphatic heterocycles. The van der Waals surface area contributed by atoms with Crippen molar-refractivity contribution in [2.75, 3.05) is 10.7 Å². The number of nitrogen functional groups attached to an aromatic ring is 1. The van der Waals surface area contributed by atoms with Gasteiger partial charge in [0.2, 0.25) is 0 Å². The molecule has 68 valence electrons. The van der Waals surface area contributed by atoms with Crippen LogP contribution in [0.1, 0.15) is 5.56 Å².